The van der Waals surface area contributed by atoms with Crippen LogP contribution in [0.5, 0.6) is 11.5 Å². The third-order valence-electron chi connectivity index (χ3n) is 5.39. The molecule has 0 aliphatic carbocycles. The Morgan fingerprint density at radius 2 is 1.88 bits per heavy atom. The molecule has 4 rings (SSSR count). The zero-order valence-corrected chi connectivity index (χ0v) is 20.1. The van der Waals surface area contributed by atoms with Crippen LogP contribution in [-0.2, 0) is 14.6 Å². The van der Waals surface area contributed by atoms with Crippen LogP contribution in [0.25, 0.3) is 0 Å². The van der Waals surface area contributed by atoms with Crippen LogP contribution in [0.1, 0.15) is 0 Å². The Hall–Kier alpha value is -3.49. The standard InChI is InChI=1S/C23H22N4O5S2/c1-31-18-7-3-5-16(9-18)26-22(28)15(11-24)12-25-23-27(17-6-4-8-19(10-17)32-2)20-13-34(29,30)14-21(20)33-23/h3-10,12,20-21H,13-14H2,1-2H3,(H,26,28). The number of thioether (sulfide) groups is 1. The number of hydrogen-bond acceptors (Lipinski definition) is 8. The van der Waals surface area contributed by atoms with Crippen molar-refractivity contribution in [1.82, 2.24) is 0 Å². The normalized spacial score (nSPS) is 22.2. The van der Waals surface area contributed by atoms with Crippen LogP contribution in [0.4, 0.5) is 11.4 Å². The van der Waals surface area contributed by atoms with Gasteiger partial charge in [0.15, 0.2) is 15.0 Å². The second kappa shape index (κ2) is 9.79. The van der Waals surface area contributed by atoms with Crippen molar-refractivity contribution in [3.63, 3.8) is 0 Å². The number of aliphatic imine (C=N–C) groups is 1. The molecule has 2 unspecified atom stereocenters. The quantitative estimate of drug-likeness (QED) is 0.477. The third kappa shape index (κ3) is 5.03. The summed E-state index contributed by atoms with van der Waals surface area (Å²) < 4.78 is 35.0. The first-order valence-corrected chi connectivity index (χ1v) is 13.0. The number of ether oxygens (including phenoxy) is 2. The van der Waals surface area contributed by atoms with E-state index < -0.39 is 15.7 Å². The van der Waals surface area contributed by atoms with Crippen molar-refractivity contribution in [2.24, 2.45) is 4.99 Å². The lowest BCUT2D eigenvalue weighted by Crippen LogP contribution is -2.37. The van der Waals surface area contributed by atoms with Gasteiger partial charge in [0.1, 0.15) is 23.1 Å². The van der Waals surface area contributed by atoms with Gasteiger partial charge in [0, 0.05) is 28.8 Å². The predicted octanol–water partition coefficient (Wildman–Crippen LogP) is 2.82. The highest BCUT2D eigenvalue weighted by atomic mass is 32.2. The summed E-state index contributed by atoms with van der Waals surface area (Å²) in [6, 6.07) is 15.6. The molecule has 9 nitrogen and oxygen atoms in total. The number of methoxy groups -OCH3 is 2. The number of amides is 1. The van der Waals surface area contributed by atoms with Gasteiger partial charge in [-0.2, -0.15) is 5.26 Å². The Morgan fingerprint density at radius 1 is 1.18 bits per heavy atom. The number of hydrogen-bond donors (Lipinski definition) is 1. The minimum absolute atomic E-state index is 0.00600. The first-order chi connectivity index (χ1) is 16.3. The van der Waals surface area contributed by atoms with E-state index in [1.54, 1.807) is 43.5 Å². The first kappa shape index (κ1) is 23.7. The van der Waals surface area contributed by atoms with Gasteiger partial charge in [0.25, 0.3) is 5.91 Å². The molecule has 2 heterocycles. The maximum Gasteiger partial charge on any atom is 0.267 e. The molecule has 2 aliphatic heterocycles. The smallest absolute Gasteiger partial charge is 0.267 e. The topological polar surface area (TPSA) is 121 Å². The third-order valence-corrected chi connectivity index (χ3v) is 8.62. The molecule has 0 aromatic heterocycles. The van der Waals surface area contributed by atoms with Crippen LogP contribution in [0.3, 0.4) is 0 Å². The molecule has 0 bridgehead atoms. The van der Waals surface area contributed by atoms with Crippen molar-refractivity contribution < 1.29 is 22.7 Å². The van der Waals surface area contributed by atoms with Crippen LogP contribution in [0.15, 0.2) is 65.3 Å². The monoisotopic (exact) mass is 498 g/mol. The van der Waals surface area contributed by atoms with E-state index in [1.165, 1.54) is 25.1 Å². The number of amidine groups is 1. The zero-order chi connectivity index (χ0) is 24.3. The number of nitrogens with zero attached hydrogens (tertiary/aromatic N) is 3. The van der Waals surface area contributed by atoms with Crippen molar-refractivity contribution >= 4 is 44.0 Å². The molecule has 0 radical (unpaired) electrons. The molecule has 2 aliphatic rings. The molecule has 176 valence electrons. The van der Waals surface area contributed by atoms with E-state index in [0.29, 0.717) is 22.4 Å². The molecule has 1 N–H and O–H groups in total. The number of fused-ring (bicyclic) bond motifs is 1. The van der Waals surface area contributed by atoms with Crippen LogP contribution in [0, 0.1) is 11.3 Å². The van der Waals surface area contributed by atoms with Gasteiger partial charge in [0.05, 0.1) is 38.0 Å². The van der Waals surface area contributed by atoms with Crippen LogP contribution < -0.4 is 19.7 Å². The Labute approximate surface area is 202 Å². The summed E-state index contributed by atoms with van der Waals surface area (Å²) in [7, 11) is -0.0926. The first-order valence-electron chi connectivity index (χ1n) is 10.3. The van der Waals surface area contributed by atoms with Gasteiger partial charge in [-0.1, -0.05) is 23.9 Å². The average molecular weight is 499 g/mol. The SMILES string of the molecule is COc1cccc(NC(=O)C(C#N)=CN=C2SC3CS(=O)(=O)CC3N2c2cccc(OC)c2)c1. The maximum atomic E-state index is 12.6. The van der Waals surface area contributed by atoms with Crippen molar-refractivity contribution in [3.05, 3.63) is 60.3 Å². The maximum absolute atomic E-state index is 12.6. The predicted molar refractivity (Wildman–Crippen MR) is 132 cm³/mol. The molecule has 2 fully saturated rings. The summed E-state index contributed by atoms with van der Waals surface area (Å²) in [5, 5.41) is 12.5. The Balaban J connectivity index is 1.63. The zero-order valence-electron chi connectivity index (χ0n) is 18.5. The fourth-order valence-electron chi connectivity index (χ4n) is 3.80. The second-order valence-corrected chi connectivity index (χ2v) is 11.0. The summed E-state index contributed by atoms with van der Waals surface area (Å²) in [5.74, 6) is 0.633. The van der Waals surface area contributed by atoms with Gasteiger partial charge in [-0.05, 0) is 24.3 Å². The Morgan fingerprint density at radius 3 is 2.59 bits per heavy atom. The van der Waals surface area contributed by atoms with E-state index in [1.807, 2.05) is 23.1 Å². The number of carbonyl (C=O) groups excluding carboxylic acids is 1. The number of benzene rings is 2. The van der Waals surface area contributed by atoms with Crippen molar-refractivity contribution in [1.29, 1.82) is 5.26 Å². The molecular formula is C23H22N4O5S2. The van der Waals surface area contributed by atoms with Gasteiger partial charge >= 0.3 is 0 Å². The second-order valence-electron chi connectivity index (χ2n) is 7.62. The van der Waals surface area contributed by atoms with Gasteiger partial charge < -0.3 is 19.7 Å². The minimum Gasteiger partial charge on any atom is -0.497 e. The molecule has 0 spiro atoms. The van der Waals surface area contributed by atoms with Gasteiger partial charge in [0.2, 0.25) is 0 Å². The molecule has 2 aromatic rings. The molecule has 2 atom stereocenters. The number of sulfone groups is 1. The molecule has 11 heteroatoms. The highest BCUT2D eigenvalue weighted by Crippen LogP contribution is 2.41. The average Bonchev–Trinajstić information content (AvgIpc) is 3.30. The van der Waals surface area contributed by atoms with Crippen molar-refractivity contribution in [3.8, 4) is 17.6 Å². The summed E-state index contributed by atoms with van der Waals surface area (Å²) in [6.07, 6.45) is 1.21. The lowest BCUT2D eigenvalue weighted by molar-refractivity contribution is -0.112. The van der Waals surface area contributed by atoms with Crippen LogP contribution in [0.2, 0.25) is 0 Å². The fraction of sp³-hybridized carbons (Fsp3) is 0.261. The number of carbonyl (C=O) groups is 1. The number of rotatable bonds is 6. The molecule has 0 saturated carbocycles. The lowest BCUT2D eigenvalue weighted by Gasteiger charge is -2.24. The van der Waals surface area contributed by atoms with E-state index >= 15 is 0 Å². The van der Waals surface area contributed by atoms with Gasteiger partial charge in [-0.15, -0.1) is 0 Å². The number of nitrogens with one attached hydrogen (secondary N) is 1. The Kier molecular flexibility index (Phi) is 6.81. The van der Waals surface area contributed by atoms with E-state index in [4.69, 9.17) is 9.47 Å². The highest BCUT2D eigenvalue weighted by Gasteiger charge is 2.49. The van der Waals surface area contributed by atoms with E-state index in [-0.39, 0.29) is 28.4 Å². The van der Waals surface area contributed by atoms with Crippen molar-refractivity contribution in [2.45, 2.75) is 11.3 Å². The number of nitriles is 1. The van der Waals surface area contributed by atoms with Crippen LogP contribution >= 0.6 is 11.8 Å². The molecule has 2 saturated heterocycles. The summed E-state index contributed by atoms with van der Waals surface area (Å²) in [6.45, 7) is 0. The van der Waals surface area contributed by atoms with E-state index in [2.05, 4.69) is 10.3 Å². The largest absolute Gasteiger partial charge is 0.497 e. The molecule has 1 amide bonds. The fourth-order valence-corrected chi connectivity index (χ4v) is 7.69. The number of anilines is 2. The summed E-state index contributed by atoms with van der Waals surface area (Å²) in [4.78, 5) is 18.9. The lowest BCUT2D eigenvalue weighted by atomic mass is 10.2. The van der Waals surface area contributed by atoms with Gasteiger partial charge in [-0.3, -0.25) is 4.79 Å². The molecule has 34 heavy (non-hydrogen) atoms. The van der Waals surface area contributed by atoms with Crippen LogP contribution in [-0.4, -0.2) is 56.5 Å². The van der Waals surface area contributed by atoms with E-state index in [9.17, 15) is 18.5 Å². The summed E-state index contributed by atoms with van der Waals surface area (Å²) in [5.41, 5.74) is 1.01. The molecular weight excluding hydrogens is 476 g/mol. The summed E-state index contributed by atoms with van der Waals surface area (Å²) >= 11 is 1.33. The van der Waals surface area contributed by atoms with Crippen molar-refractivity contribution in [2.75, 3.05) is 35.9 Å². The van der Waals surface area contributed by atoms with Gasteiger partial charge in [-0.25, -0.2) is 13.4 Å². The van der Waals surface area contributed by atoms with E-state index in [0.717, 1.165) is 5.69 Å². The Bertz CT molecular complexity index is 1320. The highest BCUT2D eigenvalue weighted by molar-refractivity contribution is 8.16. The molecule has 2 aromatic carbocycles. The minimum atomic E-state index is -3.17.